The number of nitrogens with one attached hydrogen (secondary N) is 1. The number of pyridine rings is 1. The number of aromatic nitrogens is 1. The van der Waals surface area contributed by atoms with E-state index in [9.17, 15) is 9.18 Å². The third-order valence-electron chi connectivity index (χ3n) is 2.56. The van der Waals surface area contributed by atoms with E-state index in [0.717, 1.165) is 17.8 Å². The van der Waals surface area contributed by atoms with E-state index in [-0.39, 0.29) is 5.56 Å². The quantitative estimate of drug-likeness (QED) is 0.848. The maximum Gasteiger partial charge on any atom is 0.257 e. The molecule has 0 atom stereocenters. The minimum Gasteiger partial charge on any atom is -0.393 e. The van der Waals surface area contributed by atoms with Crippen LogP contribution in [0, 0.1) is 5.82 Å². The number of nitrogens with two attached hydrogens (primary N) is 1. The summed E-state index contributed by atoms with van der Waals surface area (Å²) in [5, 5.41) is 2.66. The highest BCUT2D eigenvalue weighted by atomic mass is 32.1. The Morgan fingerprint density at radius 2 is 2.00 bits per heavy atom. The zero-order chi connectivity index (χ0) is 14.5. The van der Waals surface area contributed by atoms with Gasteiger partial charge in [0, 0.05) is 18.3 Å². The van der Waals surface area contributed by atoms with Crippen molar-refractivity contribution in [2.75, 3.05) is 5.32 Å². The van der Waals surface area contributed by atoms with Crippen LogP contribution < -0.4 is 11.1 Å². The lowest BCUT2D eigenvalue weighted by Crippen LogP contribution is -2.13. The van der Waals surface area contributed by atoms with Gasteiger partial charge in [0.25, 0.3) is 5.91 Å². The molecule has 1 amide bonds. The molecule has 0 aliphatic carbocycles. The normalized spacial score (nSPS) is 10.1. The molecule has 2 rings (SSSR count). The molecule has 1 aromatic heterocycles. The van der Waals surface area contributed by atoms with E-state index < -0.39 is 11.7 Å². The van der Waals surface area contributed by atoms with Gasteiger partial charge >= 0.3 is 0 Å². The van der Waals surface area contributed by atoms with Crippen molar-refractivity contribution in [1.82, 2.24) is 4.98 Å². The summed E-state index contributed by atoms with van der Waals surface area (Å²) in [6.07, 6.45) is 2.86. The molecule has 3 N–H and O–H groups in total. The second kappa shape index (κ2) is 6.21. The maximum atomic E-state index is 13.0. The van der Waals surface area contributed by atoms with Crippen LogP contribution in [0.3, 0.4) is 0 Å². The largest absolute Gasteiger partial charge is 0.393 e. The Kier molecular flexibility index (Phi) is 4.37. The molecule has 0 radical (unpaired) electrons. The standard InChI is InChI=1S/C14H12FN3OS/c15-11-6-10(7-17-8-11)14(19)18-12-3-1-9(2-4-12)5-13(16)20/h1-4,6-8H,5H2,(H2,16,20)(H,18,19). The molecule has 4 nitrogen and oxygen atoms in total. The molecular formula is C14H12FN3OS. The predicted octanol–water partition coefficient (Wildman–Crippen LogP) is 2.30. The fourth-order valence-corrected chi connectivity index (χ4v) is 1.81. The number of carbonyl (C=O) groups is 1. The lowest BCUT2D eigenvalue weighted by molar-refractivity contribution is 0.102. The summed E-state index contributed by atoms with van der Waals surface area (Å²) in [4.78, 5) is 15.9. The molecule has 0 spiro atoms. The summed E-state index contributed by atoms with van der Waals surface area (Å²) in [5.41, 5.74) is 7.18. The van der Waals surface area contributed by atoms with E-state index in [4.69, 9.17) is 18.0 Å². The van der Waals surface area contributed by atoms with E-state index in [1.165, 1.54) is 6.20 Å². The van der Waals surface area contributed by atoms with E-state index in [2.05, 4.69) is 10.3 Å². The SMILES string of the molecule is NC(=S)Cc1ccc(NC(=O)c2cncc(F)c2)cc1. The smallest absolute Gasteiger partial charge is 0.257 e. The monoisotopic (exact) mass is 289 g/mol. The van der Waals surface area contributed by atoms with E-state index in [1.54, 1.807) is 12.1 Å². The minimum atomic E-state index is -0.551. The lowest BCUT2D eigenvalue weighted by Gasteiger charge is -2.06. The Morgan fingerprint density at radius 1 is 1.30 bits per heavy atom. The average molecular weight is 289 g/mol. The van der Waals surface area contributed by atoms with Crippen LogP contribution in [0.25, 0.3) is 0 Å². The number of anilines is 1. The number of benzene rings is 1. The number of nitrogens with zero attached hydrogens (tertiary/aromatic N) is 1. The molecule has 0 saturated carbocycles. The molecule has 1 aromatic carbocycles. The molecule has 0 aliphatic heterocycles. The van der Waals surface area contributed by atoms with Crippen molar-refractivity contribution < 1.29 is 9.18 Å². The van der Waals surface area contributed by atoms with Gasteiger partial charge in [0.2, 0.25) is 0 Å². The fourth-order valence-electron chi connectivity index (χ4n) is 1.65. The molecule has 1 heterocycles. The summed E-state index contributed by atoms with van der Waals surface area (Å²) < 4.78 is 13.0. The van der Waals surface area contributed by atoms with Gasteiger partial charge in [-0.1, -0.05) is 24.4 Å². The predicted molar refractivity (Wildman–Crippen MR) is 79.1 cm³/mol. The van der Waals surface area contributed by atoms with Gasteiger partial charge in [-0.2, -0.15) is 0 Å². The van der Waals surface area contributed by atoms with Crippen molar-refractivity contribution in [3.63, 3.8) is 0 Å². The third kappa shape index (κ3) is 3.83. The van der Waals surface area contributed by atoms with Gasteiger partial charge in [-0.05, 0) is 23.8 Å². The first-order chi connectivity index (χ1) is 9.54. The highest BCUT2D eigenvalue weighted by Crippen LogP contribution is 2.12. The van der Waals surface area contributed by atoms with E-state index >= 15 is 0 Å². The van der Waals surface area contributed by atoms with Crippen molar-refractivity contribution in [1.29, 1.82) is 0 Å². The van der Waals surface area contributed by atoms with Crippen molar-refractivity contribution in [3.8, 4) is 0 Å². The molecule has 0 fully saturated rings. The number of carbonyl (C=O) groups excluding carboxylic acids is 1. The van der Waals surface area contributed by atoms with E-state index in [1.807, 2.05) is 12.1 Å². The number of hydrogen-bond donors (Lipinski definition) is 2. The van der Waals surface area contributed by atoms with Gasteiger partial charge in [0.1, 0.15) is 5.82 Å². The van der Waals surface area contributed by atoms with Gasteiger partial charge < -0.3 is 11.1 Å². The first kappa shape index (κ1) is 14.1. The van der Waals surface area contributed by atoms with Crippen molar-refractivity contribution in [2.24, 2.45) is 5.73 Å². The van der Waals surface area contributed by atoms with Crippen molar-refractivity contribution in [2.45, 2.75) is 6.42 Å². The van der Waals surface area contributed by atoms with Crippen LogP contribution in [0.2, 0.25) is 0 Å². The summed E-state index contributed by atoms with van der Waals surface area (Å²) in [6.45, 7) is 0. The average Bonchev–Trinajstić information content (AvgIpc) is 2.40. The molecule has 20 heavy (non-hydrogen) atoms. The van der Waals surface area contributed by atoms with Crippen molar-refractivity contribution in [3.05, 3.63) is 59.7 Å². The number of rotatable bonds is 4. The maximum absolute atomic E-state index is 13.0. The van der Waals surface area contributed by atoms with Crippen LogP contribution in [-0.4, -0.2) is 15.9 Å². The van der Waals surface area contributed by atoms with Crippen LogP contribution in [0.1, 0.15) is 15.9 Å². The Morgan fingerprint density at radius 3 is 2.60 bits per heavy atom. The highest BCUT2D eigenvalue weighted by molar-refractivity contribution is 7.80. The summed E-state index contributed by atoms with van der Waals surface area (Å²) in [7, 11) is 0. The first-order valence-corrected chi connectivity index (χ1v) is 6.24. The fraction of sp³-hybridized carbons (Fsp3) is 0.0714. The third-order valence-corrected chi connectivity index (χ3v) is 2.70. The molecule has 0 bridgehead atoms. The molecular weight excluding hydrogens is 277 g/mol. The minimum absolute atomic E-state index is 0.164. The van der Waals surface area contributed by atoms with Crippen LogP contribution in [0.4, 0.5) is 10.1 Å². The molecule has 0 saturated heterocycles. The number of amides is 1. The molecule has 102 valence electrons. The zero-order valence-corrected chi connectivity index (χ0v) is 11.3. The molecule has 0 unspecified atom stereocenters. The number of thiocarbonyl (C=S) groups is 1. The Hall–Kier alpha value is -2.34. The number of hydrogen-bond acceptors (Lipinski definition) is 3. The van der Waals surface area contributed by atoms with Gasteiger partial charge in [-0.25, -0.2) is 4.39 Å². The summed E-state index contributed by atoms with van der Waals surface area (Å²) >= 11 is 4.82. The van der Waals surface area contributed by atoms with Gasteiger partial charge in [0.15, 0.2) is 0 Å². The van der Waals surface area contributed by atoms with Crippen LogP contribution in [0.15, 0.2) is 42.7 Å². The van der Waals surface area contributed by atoms with Crippen molar-refractivity contribution >= 4 is 28.8 Å². The lowest BCUT2D eigenvalue weighted by atomic mass is 10.1. The number of halogens is 1. The second-order valence-electron chi connectivity index (χ2n) is 4.19. The Balaban J connectivity index is 2.06. The zero-order valence-electron chi connectivity index (χ0n) is 10.5. The summed E-state index contributed by atoms with van der Waals surface area (Å²) in [6, 6.07) is 8.23. The van der Waals surface area contributed by atoms with Gasteiger partial charge in [-0.15, -0.1) is 0 Å². The van der Waals surface area contributed by atoms with E-state index in [0.29, 0.717) is 17.1 Å². The first-order valence-electron chi connectivity index (χ1n) is 5.84. The summed E-state index contributed by atoms with van der Waals surface area (Å²) in [5.74, 6) is -0.969. The molecule has 6 heteroatoms. The Bertz CT molecular complexity index is 643. The van der Waals surface area contributed by atoms with Crippen LogP contribution in [-0.2, 0) is 6.42 Å². The van der Waals surface area contributed by atoms with Crippen LogP contribution in [0.5, 0.6) is 0 Å². The van der Waals surface area contributed by atoms with Gasteiger partial charge in [0.05, 0.1) is 16.7 Å². The van der Waals surface area contributed by atoms with Gasteiger partial charge in [-0.3, -0.25) is 9.78 Å². The highest BCUT2D eigenvalue weighted by Gasteiger charge is 2.07. The Labute approximate surface area is 120 Å². The topological polar surface area (TPSA) is 68.0 Å². The van der Waals surface area contributed by atoms with Crippen LogP contribution >= 0.6 is 12.2 Å². The second-order valence-corrected chi connectivity index (χ2v) is 4.71. The molecule has 0 aliphatic rings. The molecule has 2 aromatic rings.